The minimum atomic E-state index is -0.803. The molecule has 3 aromatic rings. The van der Waals surface area contributed by atoms with Gasteiger partial charge in [-0.25, -0.2) is 9.59 Å². The van der Waals surface area contributed by atoms with Crippen molar-refractivity contribution in [3.8, 4) is 17.6 Å². The zero-order valence-electron chi connectivity index (χ0n) is 19.5. The molecule has 0 unspecified atom stereocenters. The second kappa shape index (κ2) is 11.6. The lowest BCUT2D eigenvalue weighted by Gasteiger charge is -2.28. The molecule has 1 N–H and O–H groups in total. The SMILES string of the molecule is CC#CCn1c(N2CCNCC2)nc2c1c(=O)n(CCOc1ccccc1)c(=O)n2OC(C)=O.Cl. The number of para-hydroxylation sites is 1. The average molecular weight is 503 g/mol. The number of halogens is 1. The van der Waals surface area contributed by atoms with Crippen molar-refractivity contribution in [1.82, 2.24) is 24.2 Å². The van der Waals surface area contributed by atoms with Crippen molar-refractivity contribution in [3.63, 3.8) is 0 Å². The molecule has 0 spiro atoms. The number of carbonyl (C=O) groups excluding carboxylic acids is 1. The first-order valence-corrected chi connectivity index (χ1v) is 11.0. The smallest absolute Gasteiger partial charge is 0.366 e. The second-order valence-electron chi connectivity index (χ2n) is 7.61. The predicted molar refractivity (Wildman–Crippen MR) is 133 cm³/mol. The molecule has 11 nitrogen and oxygen atoms in total. The Morgan fingerprint density at radius 1 is 1.14 bits per heavy atom. The number of anilines is 1. The van der Waals surface area contributed by atoms with Gasteiger partial charge in [0.15, 0.2) is 5.52 Å². The summed E-state index contributed by atoms with van der Waals surface area (Å²) in [6.07, 6.45) is 0. The molecule has 1 fully saturated rings. The van der Waals surface area contributed by atoms with Gasteiger partial charge in [0.1, 0.15) is 12.4 Å². The zero-order chi connectivity index (χ0) is 24.1. The van der Waals surface area contributed by atoms with E-state index in [0.29, 0.717) is 24.8 Å². The first kappa shape index (κ1) is 25.9. The summed E-state index contributed by atoms with van der Waals surface area (Å²) in [4.78, 5) is 50.3. The molecule has 0 atom stereocenters. The van der Waals surface area contributed by atoms with Crippen molar-refractivity contribution in [3.05, 3.63) is 51.2 Å². The summed E-state index contributed by atoms with van der Waals surface area (Å²) in [5, 5.41) is 3.27. The maximum Gasteiger partial charge on any atom is 0.366 e. The van der Waals surface area contributed by atoms with Gasteiger partial charge in [-0.15, -0.1) is 18.3 Å². The van der Waals surface area contributed by atoms with Crippen LogP contribution in [0.5, 0.6) is 5.75 Å². The molecule has 12 heteroatoms. The highest BCUT2D eigenvalue weighted by atomic mass is 35.5. The summed E-state index contributed by atoms with van der Waals surface area (Å²) in [6.45, 7) is 5.94. The van der Waals surface area contributed by atoms with E-state index in [1.807, 2.05) is 23.1 Å². The van der Waals surface area contributed by atoms with Crippen LogP contribution in [0.1, 0.15) is 13.8 Å². The van der Waals surface area contributed by atoms with Crippen LogP contribution >= 0.6 is 12.4 Å². The molecule has 0 radical (unpaired) electrons. The van der Waals surface area contributed by atoms with Crippen LogP contribution in [-0.4, -0.2) is 57.6 Å². The number of benzene rings is 1. The minimum Gasteiger partial charge on any atom is -0.492 e. The van der Waals surface area contributed by atoms with Crippen LogP contribution in [0.3, 0.4) is 0 Å². The van der Waals surface area contributed by atoms with Crippen molar-refractivity contribution in [2.45, 2.75) is 26.9 Å². The molecule has 0 bridgehead atoms. The number of hydrogen-bond donors (Lipinski definition) is 1. The number of fused-ring (bicyclic) bond motifs is 1. The third-order valence-corrected chi connectivity index (χ3v) is 5.33. The highest BCUT2D eigenvalue weighted by Crippen LogP contribution is 2.20. The Bertz CT molecular complexity index is 1360. The molecule has 0 aliphatic carbocycles. The van der Waals surface area contributed by atoms with Crippen LogP contribution in [0.15, 0.2) is 39.9 Å². The van der Waals surface area contributed by atoms with Crippen LogP contribution in [0, 0.1) is 11.8 Å². The van der Waals surface area contributed by atoms with E-state index in [1.165, 1.54) is 6.92 Å². The summed E-state index contributed by atoms with van der Waals surface area (Å²) in [6, 6.07) is 9.07. The van der Waals surface area contributed by atoms with E-state index in [-0.39, 0.29) is 43.3 Å². The minimum absolute atomic E-state index is 0. The Balaban J connectivity index is 0.00000342. The molecule has 2 aromatic heterocycles. The average Bonchev–Trinajstić information content (AvgIpc) is 3.23. The van der Waals surface area contributed by atoms with E-state index in [2.05, 4.69) is 22.1 Å². The summed E-state index contributed by atoms with van der Waals surface area (Å²) < 4.78 is 9.12. The lowest BCUT2D eigenvalue weighted by molar-refractivity contribution is -0.141. The number of imidazole rings is 1. The van der Waals surface area contributed by atoms with Gasteiger partial charge in [-0.1, -0.05) is 28.8 Å². The van der Waals surface area contributed by atoms with E-state index in [0.717, 1.165) is 22.4 Å². The van der Waals surface area contributed by atoms with Crippen LogP contribution in [0.25, 0.3) is 11.2 Å². The quantitative estimate of drug-likeness (QED) is 0.458. The number of nitrogens with zero attached hydrogens (tertiary/aromatic N) is 5. The molecule has 1 saturated heterocycles. The second-order valence-corrected chi connectivity index (χ2v) is 7.61. The summed E-state index contributed by atoms with van der Waals surface area (Å²) >= 11 is 0. The maximum absolute atomic E-state index is 13.5. The molecule has 4 rings (SSSR count). The maximum atomic E-state index is 13.5. The fourth-order valence-electron chi connectivity index (χ4n) is 3.79. The number of carbonyl (C=O) groups is 1. The highest BCUT2D eigenvalue weighted by molar-refractivity contribution is 5.85. The molecule has 1 aromatic carbocycles. The van der Waals surface area contributed by atoms with Gasteiger partial charge in [0.05, 0.1) is 13.1 Å². The van der Waals surface area contributed by atoms with E-state index >= 15 is 0 Å². The van der Waals surface area contributed by atoms with Gasteiger partial charge < -0.3 is 19.8 Å². The summed E-state index contributed by atoms with van der Waals surface area (Å²) in [5.74, 6) is 6.20. The molecule has 0 saturated carbocycles. The molecular weight excluding hydrogens is 476 g/mol. The topological polar surface area (TPSA) is 113 Å². The van der Waals surface area contributed by atoms with Gasteiger partial charge in [-0.3, -0.25) is 13.9 Å². The number of nitrogens with one attached hydrogen (secondary N) is 1. The van der Waals surface area contributed by atoms with E-state index < -0.39 is 17.2 Å². The number of ether oxygens (including phenoxy) is 1. The first-order valence-electron chi connectivity index (χ1n) is 11.0. The molecule has 35 heavy (non-hydrogen) atoms. The molecule has 1 aliphatic rings. The Labute approximate surface area is 207 Å². The number of rotatable bonds is 7. The van der Waals surface area contributed by atoms with Gasteiger partial charge in [0.2, 0.25) is 11.6 Å². The van der Waals surface area contributed by atoms with Crippen LogP contribution in [0.2, 0.25) is 0 Å². The van der Waals surface area contributed by atoms with Crippen molar-refractivity contribution in [2.24, 2.45) is 0 Å². The van der Waals surface area contributed by atoms with Crippen molar-refractivity contribution >= 4 is 35.5 Å². The number of hydrogen-bond acceptors (Lipinski definition) is 8. The molecule has 3 heterocycles. The standard InChI is InChI=1S/C23H26N6O5.ClH/c1-3-4-12-27-19-20(25-22(27)26-13-10-24-11-14-26)29(34-17(2)30)23(32)28(21(19)31)15-16-33-18-8-6-5-7-9-18;/h5-9,24H,10-16H2,1-2H3;1H. The lowest BCUT2D eigenvalue weighted by atomic mass is 10.3. The van der Waals surface area contributed by atoms with E-state index in [9.17, 15) is 14.4 Å². The highest BCUT2D eigenvalue weighted by Gasteiger charge is 2.26. The van der Waals surface area contributed by atoms with Gasteiger partial charge in [0, 0.05) is 33.1 Å². The summed E-state index contributed by atoms with van der Waals surface area (Å²) in [7, 11) is 0. The number of aromatic nitrogens is 4. The molecule has 186 valence electrons. The molecule has 0 amide bonds. The van der Waals surface area contributed by atoms with E-state index in [4.69, 9.17) is 9.57 Å². The van der Waals surface area contributed by atoms with Crippen LogP contribution in [0.4, 0.5) is 5.95 Å². The lowest BCUT2D eigenvalue weighted by Crippen LogP contribution is -2.45. The Kier molecular flexibility index (Phi) is 8.57. The molecular formula is C23H27ClN6O5. The summed E-state index contributed by atoms with van der Waals surface area (Å²) in [5.41, 5.74) is -1.23. The Morgan fingerprint density at radius 2 is 1.86 bits per heavy atom. The first-order chi connectivity index (χ1) is 16.5. The van der Waals surface area contributed by atoms with Crippen molar-refractivity contribution < 1.29 is 14.4 Å². The monoisotopic (exact) mass is 502 g/mol. The van der Waals surface area contributed by atoms with Gasteiger partial charge >= 0.3 is 11.7 Å². The third kappa shape index (κ3) is 5.50. The van der Waals surface area contributed by atoms with Gasteiger partial charge in [0.25, 0.3) is 5.56 Å². The third-order valence-electron chi connectivity index (χ3n) is 5.33. The Morgan fingerprint density at radius 3 is 2.51 bits per heavy atom. The van der Waals surface area contributed by atoms with Gasteiger partial charge in [-0.05, 0) is 19.1 Å². The Hall–Kier alpha value is -3.75. The predicted octanol–water partition coefficient (Wildman–Crippen LogP) is 0.269. The van der Waals surface area contributed by atoms with Crippen LogP contribution < -0.4 is 31.0 Å². The van der Waals surface area contributed by atoms with Crippen LogP contribution in [-0.2, 0) is 17.9 Å². The largest absolute Gasteiger partial charge is 0.492 e. The zero-order valence-corrected chi connectivity index (χ0v) is 20.3. The fourth-order valence-corrected chi connectivity index (χ4v) is 3.79. The van der Waals surface area contributed by atoms with E-state index in [1.54, 1.807) is 23.6 Å². The van der Waals surface area contributed by atoms with Gasteiger partial charge in [-0.2, -0.15) is 4.98 Å². The van der Waals surface area contributed by atoms with Crippen molar-refractivity contribution in [1.29, 1.82) is 0 Å². The number of piperazine rings is 1. The normalized spacial score (nSPS) is 13.0. The van der Waals surface area contributed by atoms with Crippen molar-refractivity contribution in [2.75, 3.05) is 37.7 Å². The fraction of sp³-hybridized carbons (Fsp3) is 0.391. The molecule has 1 aliphatic heterocycles.